The molecule has 4 nitrogen and oxygen atoms in total. The number of carbonyl (C=O) groups excluding carboxylic acids is 2. The largest absolute Gasteiger partial charge is 0.294 e. The summed E-state index contributed by atoms with van der Waals surface area (Å²) in [6.45, 7) is 0.154. The number of hydrogen-bond donors (Lipinski definition) is 0. The fraction of sp³-hybridized carbons (Fsp3) is 0.0400. The highest BCUT2D eigenvalue weighted by Crippen LogP contribution is 2.31. The Bertz CT molecular complexity index is 3340. The van der Waals surface area contributed by atoms with Crippen LogP contribution in [0.1, 0.15) is 32.0 Å². The third-order valence-corrected chi connectivity index (χ3v) is 11.8. The molecule has 0 radical (unpaired) electrons. The number of carbonyl (C=O) groups is 2. The first-order valence-corrected chi connectivity index (χ1v) is 20.6. The lowest BCUT2D eigenvalue weighted by Crippen LogP contribution is -2.81. The van der Waals surface area contributed by atoms with Gasteiger partial charge < -0.3 is 0 Å². The number of aromatic nitrogens is 1. The number of ketones is 2. The second kappa shape index (κ2) is 20.8. The summed E-state index contributed by atoms with van der Waals surface area (Å²) >= 11 is 0. The van der Waals surface area contributed by atoms with Gasteiger partial charge in [0.2, 0.25) is 17.8 Å². The first-order valence-electron chi connectivity index (χ1n) is 20.6. The van der Waals surface area contributed by atoms with Crippen LogP contribution < -0.4 is 26.4 Å². The van der Waals surface area contributed by atoms with Crippen LogP contribution in [0.4, 0.5) is 87.8 Å². The topological polar surface area (TPSA) is 61.8 Å². The second-order valence-corrected chi connectivity index (χ2v) is 15.8. The molecular formula is C50H19BF20N2O2. The van der Waals surface area contributed by atoms with Crippen molar-refractivity contribution >= 4 is 50.5 Å². The van der Waals surface area contributed by atoms with Gasteiger partial charge in [0.05, 0.1) is 18.1 Å². The number of fused-ring (bicyclic) bond motifs is 1. The Kier molecular flexibility index (Phi) is 15.0. The van der Waals surface area contributed by atoms with E-state index in [2.05, 4.69) is 6.07 Å². The van der Waals surface area contributed by atoms with E-state index < -0.39 is 144 Å². The maximum absolute atomic E-state index is 15.4. The number of pyridine rings is 1. The molecule has 0 amide bonds. The van der Waals surface area contributed by atoms with Crippen molar-refractivity contribution in [2.45, 2.75) is 13.0 Å². The summed E-state index contributed by atoms with van der Waals surface area (Å²) in [6, 6.07) is 29.5. The quantitative estimate of drug-likeness (QED) is 0.0343. The molecule has 0 atom stereocenters. The van der Waals surface area contributed by atoms with Gasteiger partial charge in [-0.3, -0.25) is 9.59 Å². The minimum atomic E-state index is -7.22. The van der Waals surface area contributed by atoms with Crippen molar-refractivity contribution in [1.82, 2.24) is 0 Å². The van der Waals surface area contributed by atoms with Crippen LogP contribution in [0.15, 0.2) is 91.0 Å². The van der Waals surface area contributed by atoms with E-state index in [0.717, 1.165) is 16.6 Å². The van der Waals surface area contributed by atoms with Crippen LogP contribution in [-0.4, -0.2) is 17.7 Å². The van der Waals surface area contributed by atoms with Gasteiger partial charge in [0.1, 0.15) is 52.7 Å². The highest BCUT2D eigenvalue weighted by Gasteiger charge is 2.52. The Balaban J connectivity index is 0.000000236. The molecule has 0 N–H and O–H groups in total. The van der Waals surface area contributed by atoms with Gasteiger partial charge in [-0.15, -0.1) is 21.9 Å². The lowest BCUT2D eigenvalue weighted by atomic mass is 9.12. The van der Waals surface area contributed by atoms with Crippen LogP contribution in [0.3, 0.4) is 0 Å². The molecule has 0 unspecified atom stereocenters. The molecule has 1 aromatic heterocycles. The number of rotatable bonds is 10. The van der Waals surface area contributed by atoms with Crippen molar-refractivity contribution in [2.75, 3.05) is 0 Å². The van der Waals surface area contributed by atoms with E-state index in [-0.39, 0.29) is 24.5 Å². The van der Waals surface area contributed by atoms with Gasteiger partial charge in [-0.05, 0) is 24.3 Å². The predicted octanol–water partition coefficient (Wildman–Crippen LogP) is 10.2. The van der Waals surface area contributed by atoms with Crippen molar-refractivity contribution in [3.63, 3.8) is 0 Å². The van der Waals surface area contributed by atoms with E-state index in [0.29, 0.717) is 16.7 Å². The fourth-order valence-electron chi connectivity index (χ4n) is 8.38. The van der Waals surface area contributed by atoms with E-state index in [9.17, 15) is 62.3 Å². The highest BCUT2D eigenvalue weighted by atomic mass is 19.2. The Hall–Kier alpha value is -8.56. The van der Waals surface area contributed by atoms with Gasteiger partial charge in [-0.2, -0.15) is 9.83 Å². The van der Waals surface area contributed by atoms with Crippen LogP contribution in [0, 0.1) is 128 Å². The number of halogens is 20. The molecule has 7 aromatic carbocycles. The first kappa shape index (κ1) is 54.2. The molecular weight excluding hydrogens is 1050 g/mol. The Labute approximate surface area is 405 Å². The van der Waals surface area contributed by atoms with Gasteiger partial charge in [-0.25, -0.2) is 87.8 Å². The zero-order valence-corrected chi connectivity index (χ0v) is 36.4. The number of nitriles is 1. The minimum absolute atomic E-state index is 0.0102. The van der Waals surface area contributed by atoms with Crippen LogP contribution in [-0.2, 0) is 13.0 Å². The molecule has 0 aliphatic heterocycles. The van der Waals surface area contributed by atoms with Gasteiger partial charge in [0.15, 0.2) is 81.3 Å². The molecule has 0 saturated heterocycles. The van der Waals surface area contributed by atoms with Crippen LogP contribution in [0.5, 0.6) is 0 Å². The third kappa shape index (κ3) is 8.96. The summed E-state index contributed by atoms with van der Waals surface area (Å²) in [5, 5.41) is 9.95. The monoisotopic (exact) mass is 1070 g/mol. The lowest BCUT2D eigenvalue weighted by molar-refractivity contribution is -0.664. The van der Waals surface area contributed by atoms with Gasteiger partial charge in [0.25, 0.3) is 0 Å². The van der Waals surface area contributed by atoms with Crippen molar-refractivity contribution < 1.29 is 102 Å². The molecule has 0 bridgehead atoms. The average molecular weight is 1070 g/mol. The van der Waals surface area contributed by atoms with Crippen molar-refractivity contribution in [3.05, 3.63) is 230 Å². The number of hydrogen-bond acceptors (Lipinski definition) is 3. The zero-order chi connectivity index (χ0) is 55.3. The Morgan fingerprint density at radius 2 is 0.693 bits per heavy atom. The normalized spacial score (nSPS) is 11.4. The van der Waals surface area contributed by atoms with Crippen molar-refractivity contribution in [3.8, 4) is 6.07 Å². The summed E-state index contributed by atoms with van der Waals surface area (Å²) in [5.74, 6) is -71.5. The Morgan fingerprint density at radius 1 is 0.373 bits per heavy atom. The third-order valence-electron chi connectivity index (χ3n) is 11.8. The van der Waals surface area contributed by atoms with E-state index in [1.165, 1.54) is 0 Å². The van der Waals surface area contributed by atoms with E-state index in [1.807, 2.05) is 59.2 Å². The molecule has 384 valence electrons. The van der Waals surface area contributed by atoms with E-state index >= 15 is 35.1 Å². The number of benzene rings is 7. The van der Waals surface area contributed by atoms with Crippen LogP contribution >= 0.6 is 0 Å². The molecule has 0 aliphatic rings. The molecule has 0 saturated carbocycles. The van der Waals surface area contributed by atoms with E-state index in [1.54, 1.807) is 36.4 Å². The first-order chi connectivity index (χ1) is 35.4. The molecule has 8 aromatic rings. The fourth-order valence-corrected chi connectivity index (χ4v) is 8.38. The van der Waals surface area contributed by atoms with Crippen molar-refractivity contribution in [2.24, 2.45) is 0 Å². The average Bonchev–Trinajstić information content (AvgIpc) is 3.41. The zero-order valence-electron chi connectivity index (χ0n) is 36.4. The summed E-state index contributed by atoms with van der Waals surface area (Å²) in [7, 11) is 0. The summed E-state index contributed by atoms with van der Waals surface area (Å²) in [5.41, 5.74) is -10.9. The number of para-hydroxylation sites is 1. The SMILES string of the molecule is Fc1c(F)c(F)c([B-](c2c(F)c(F)c(F)c(F)c2F)(c2c(F)c(F)c(F)c(F)c2F)c2c(F)c(F)c(F)c(F)c2F)c(F)c1F.N#Cc1ccc(C(=O)Cc2ccc3ccccc3[n+]2CC(=O)c2ccccc2)cc1. The maximum Gasteiger partial charge on any atom is 0.227 e. The smallest absolute Gasteiger partial charge is 0.227 e. The second-order valence-electron chi connectivity index (χ2n) is 15.8. The standard InChI is InChI=1S/C26H19N2O2.C24BF20/c27-17-19-10-12-22(13-11-19)25(29)16-23-15-14-20-6-4-5-9-24(20)28(23)18-26(30)21-7-2-1-3-8-21;26-5-1(6(27)14(35)21(42)13(5)34)25(2-7(28)15(36)22(43)16(37)8(2)29,3-9(30)17(38)23(44)18(39)10(3)31)4-11(32)19(40)24(45)20(41)12(4)33/h1-15H,16,18H2;/q+1;-1. The highest BCUT2D eigenvalue weighted by molar-refractivity contribution is 7.20. The van der Waals surface area contributed by atoms with Crippen LogP contribution in [0.2, 0.25) is 0 Å². The number of Topliss-reactive ketones (excluding diaryl/α,β-unsaturated/α-hetero) is 2. The summed E-state index contributed by atoms with van der Waals surface area (Å²) in [4.78, 5) is 25.8. The Morgan fingerprint density at radius 3 is 1.05 bits per heavy atom. The van der Waals surface area contributed by atoms with Gasteiger partial charge in [-0.1, -0.05) is 54.6 Å². The molecule has 0 aliphatic carbocycles. The predicted molar refractivity (Wildman–Crippen MR) is 223 cm³/mol. The summed E-state index contributed by atoms with van der Waals surface area (Å²) in [6.07, 6.45) is -7.05. The van der Waals surface area contributed by atoms with E-state index in [4.69, 9.17) is 5.26 Å². The molecule has 0 spiro atoms. The van der Waals surface area contributed by atoms with Crippen LogP contribution in [0.25, 0.3) is 10.9 Å². The van der Waals surface area contributed by atoms with Gasteiger partial charge in [0, 0.05) is 28.6 Å². The molecule has 25 heteroatoms. The molecule has 1 heterocycles. The molecule has 75 heavy (non-hydrogen) atoms. The van der Waals surface area contributed by atoms with Gasteiger partial charge >= 0.3 is 0 Å². The molecule has 8 rings (SSSR count). The number of nitrogens with zero attached hydrogens (tertiary/aromatic N) is 2. The lowest BCUT2D eigenvalue weighted by Gasteiger charge is -2.44. The maximum atomic E-state index is 15.4. The minimum Gasteiger partial charge on any atom is -0.294 e. The molecule has 0 fully saturated rings. The summed E-state index contributed by atoms with van der Waals surface area (Å²) < 4.78 is 296. The van der Waals surface area contributed by atoms with Crippen molar-refractivity contribution in [1.29, 1.82) is 5.26 Å².